The van der Waals surface area contributed by atoms with E-state index in [0.717, 1.165) is 61.9 Å². The van der Waals surface area contributed by atoms with Crippen molar-refractivity contribution >= 4 is 17.7 Å². The lowest BCUT2D eigenvalue weighted by Gasteiger charge is -2.30. The lowest BCUT2D eigenvalue weighted by molar-refractivity contribution is -0.152. The third kappa shape index (κ3) is 9.85. The van der Waals surface area contributed by atoms with Crippen LogP contribution in [0.15, 0.2) is 103 Å². The fourth-order valence-electron chi connectivity index (χ4n) is 6.94. The van der Waals surface area contributed by atoms with Crippen molar-refractivity contribution in [1.29, 1.82) is 0 Å². The lowest BCUT2D eigenvalue weighted by Crippen LogP contribution is -2.34. The third-order valence-corrected chi connectivity index (χ3v) is 9.82. The summed E-state index contributed by atoms with van der Waals surface area (Å²) in [5.74, 6) is -1.93. The monoisotopic (exact) mass is 689 g/mol. The fraction of sp³-hybridized carbons (Fsp3) is 0.372. The summed E-state index contributed by atoms with van der Waals surface area (Å²) >= 11 is 0. The molecule has 4 aromatic carbocycles. The molecule has 1 saturated carbocycles. The molecule has 2 aliphatic rings. The number of likely N-dealkylation sites (tertiary alicyclic amines) is 1. The topological polar surface area (TPSA) is 91.4 Å². The van der Waals surface area contributed by atoms with Gasteiger partial charge in [0, 0.05) is 12.5 Å². The predicted octanol–water partition coefficient (Wildman–Crippen LogP) is 8.22. The minimum Gasteiger partial charge on any atom is -0.488 e. The van der Waals surface area contributed by atoms with Gasteiger partial charge in [-0.25, -0.2) is 4.79 Å². The molecule has 2 fully saturated rings. The number of carbonyl (C=O) groups is 3. The Balaban J connectivity index is 1.34. The van der Waals surface area contributed by atoms with E-state index in [1.54, 1.807) is 12.1 Å². The van der Waals surface area contributed by atoms with Crippen LogP contribution in [0.3, 0.4) is 0 Å². The number of nitrogens with zero attached hydrogens (tertiary/aromatic N) is 1. The number of Topliss-reactive ketones (excluding diaryl/α,β-unsaturated/α-hetero) is 1. The van der Waals surface area contributed by atoms with Crippen LogP contribution in [0.4, 0.5) is 0 Å². The Kier molecular flexibility index (Phi) is 12.5. The predicted molar refractivity (Wildman–Crippen MR) is 195 cm³/mol. The highest BCUT2D eigenvalue weighted by Gasteiger charge is 2.40. The van der Waals surface area contributed by atoms with Gasteiger partial charge in [-0.2, -0.15) is 0 Å². The number of carbonyl (C=O) groups excluding carboxylic acids is 3. The van der Waals surface area contributed by atoms with Crippen molar-refractivity contribution in [1.82, 2.24) is 4.90 Å². The summed E-state index contributed by atoms with van der Waals surface area (Å²) in [6.07, 6.45) is 4.96. The number of benzene rings is 4. The van der Waals surface area contributed by atoms with Gasteiger partial charge in [0.15, 0.2) is 5.78 Å². The molecule has 4 aromatic rings. The second-order valence-corrected chi connectivity index (χ2v) is 13.6. The molecule has 0 N–H and O–H groups in total. The van der Waals surface area contributed by atoms with E-state index < -0.39 is 17.8 Å². The van der Waals surface area contributed by atoms with Crippen LogP contribution in [-0.2, 0) is 34.1 Å². The van der Waals surface area contributed by atoms with Gasteiger partial charge in [0.1, 0.15) is 43.0 Å². The fourth-order valence-corrected chi connectivity index (χ4v) is 6.94. The molecule has 0 amide bonds. The molecule has 0 aromatic heterocycles. The normalized spacial score (nSPS) is 19.4. The zero-order valence-electron chi connectivity index (χ0n) is 29.3. The molecular formula is C43H47NO7. The first-order valence-electron chi connectivity index (χ1n) is 18.1. The van der Waals surface area contributed by atoms with Crippen molar-refractivity contribution in [3.05, 3.63) is 131 Å². The van der Waals surface area contributed by atoms with Crippen molar-refractivity contribution in [2.24, 2.45) is 11.8 Å². The largest absolute Gasteiger partial charge is 0.488 e. The van der Waals surface area contributed by atoms with E-state index in [0.29, 0.717) is 12.8 Å². The minimum atomic E-state index is -0.638. The minimum absolute atomic E-state index is 0.141. The quantitative estimate of drug-likeness (QED) is 0.103. The van der Waals surface area contributed by atoms with Crippen molar-refractivity contribution in [3.8, 4) is 11.5 Å². The maximum atomic E-state index is 14.8. The van der Waals surface area contributed by atoms with E-state index in [-0.39, 0.29) is 60.3 Å². The van der Waals surface area contributed by atoms with Gasteiger partial charge in [-0.3, -0.25) is 9.59 Å². The van der Waals surface area contributed by atoms with Crippen LogP contribution in [0.25, 0.3) is 0 Å². The van der Waals surface area contributed by atoms with Crippen LogP contribution in [0.1, 0.15) is 82.4 Å². The van der Waals surface area contributed by atoms with E-state index in [1.807, 2.05) is 91.0 Å². The summed E-state index contributed by atoms with van der Waals surface area (Å²) in [6, 6.07) is 32.0. The van der Waals surface area contributed by atoms with Crippen LogP contribution in [-0.4, -0.2) is 48.9 Å². The Labute approximate surface area is 300 Å². The molecule has 8 heteroatoms. The summed E-state index contributed by atoms with van der Waals surface area (Å²) in [4.78, 5) is 44.4. The first-order valence-corrected chi connectivity index (χ1v) is 18.1. The molecule has 1 aliphatic carbocycles. The Morgan fingerprint density at radius 2 is 1.16 bits per heavy atom. The molecule has 8 nitrogen and oxygen atoms in total. The zero-order chi connectivity index (χ0) is 35.4. The second-order valence-electron chi connectivity index (χ2n) is 13.6. The maximum absolute atomic E-state index is 14.8. The van der Waals surface area contributed by atoms with E-state index in [1.165, 1.54) is 0 Å². The molecule has 3 atom stereocenters. The Hall–Kier alpha value is -4.95. The number of hydrogen-bond acceptors (Lipinski definition) is 8. The number of rotatable bonds is 13. The second kappa shape index (κ2) is 17.8. The SMILES string of the molecule is CN1CCCC(OC(=O)c2cc(OCc3ccccc3)c(C(=O)C3CCCCC3C(=O)OCc3ccccc3)c(OCc3ccccc3)c2)CC1. The standard InChI is InChI=1S/C43H47NO7/c1-44-24-13-20-35(23-25-44)51-42(46)34-26-38(48-28-31-14-5-2-6-15-31)40(39(27-34)49-29-32-16-7-3-8-17-32)41(45)36-21-11-12-22-37(36)43(47)50-30-33-18-9-4-10-19-33/h2-10,14-19,26-27,35-37H,11-13,20-25,28-30H2,1H3. The summed E-state index contributed by atoms with van der Waals surface area (Å²) in [5, 5.41) is 0. The maximum Gasteiger partial charge on any atom is 0.338 e. The zero-order valence-corrected chi connectivity index (χ0v) is 29.3. The molecule has 1 aliphatic heterocycles. The van der Waals surface area contributed by atoms with Crippen molar-refractivity contribution in [2.75, 3.05) is 20.1 Å². The number of ether oxygens (including phenoxy) is 4. The van der Waals surface area contributed by atoms with Crippen molar-refractivity contribution in [3.63, 3.8) is 0 Å². The highest BCUT2D eigenvalue weighted by molar-refractivity contribution is 6.06. The Morgan fingerprint density at radius 1 is 0.627 bits per heavy atom. The van der Waals surface area contributed by atoms with Gasteiger partial charge in [-0.15, -0.1) is 0 Å². The molecular weight excluding hydrogens is 642 g/mol. The molecule has 0 radical (unpaired) electrons. The molecule has 1 heterocycles. The summed E-state index contributed by atoms with van der Waals surface area (Å²) in [5.41, 5.74) is 3.16. The first-order chi connectivity index (χ1) is 24.9. The van der Waals surface area contributed by atoms with E-state index in [4.69, 9.17) is 18.9 Å². The van der Waals surface area contributed by atoms with Crippen LogP contribution >= 0.6 is 0 Å². The average molecular weight is 690 g/mol. The lowest BCUT2D eigenvalue weighted by atomic mass is 9.75. The number of esters is 2. The van der Waals surface area contributed by atoms with Crippen LogP contribution in [0, 0.1) is 11.8 Å². The number of ketones is 1. The summed E-state index contributed by atoms with van der Waals surface area (Å²) < 4.78 is 24.6. The highest BCUT2D eigenvalue weighted by atomic mass is 16.5. The van der Waals surface area contributed by atoms with Gasteiger partial charge in [0.05, 0.1) is 11.5 Å². The van der Waals surface area contributed by atoms with Crippen LogP contribution in [0.2, 0.25) is 0 Å². The van der Waals surface area contributed by atoms with Crippen LogP contribution < -0.4 is 9.47 Å². The van der Waals surface area contributed by atoms with E-state index in [9.17, 15) is 14.4 Å². The molecule has 0 bridgehead atoms. The Morgan fingerprint density at radius 3 is 1.73 bits per heavy atom. The first kappa shape index (κ1) is 35.9. The van der Waals surface area contributed by atoms with Gasteiger partial charge in [0.2, 0.25) is 0 Å². The Bertz CT molecular complexity index is 1680. The molecule has 1 saturated heterocycles. The van der Waals surface area contributed by atoms with Gasteiger partial charge in [-0.05, 0) is 74.5 Å². The van der Waals surface area contributed by atoms with E-state index >= 15 is 0 Å². The summed E-state index contributed by atoms with van der Waals surface area (Å²) in [7, 11) is 2.08. The number of hydrogen-bond donors (Lipinski definition) is 0. The molecule has 6 rings (SSSR count). The van der Waals surface area contributed by atoms with Crippen LogP contribution in [0.5, 0.6) is 11.5 Å². The molecule has 3 unspecified atom stereocenters. The highest BCUT2D eigenvalue weighted by Crippen LogP contribution is 2.40. The van der Waals surface area contributed by atoms with Gasteiger partial charge in [0.25, 0.3) is 0 Å². The van der Waals surface area contributed by atoms with E-state index in [2.05, 4.69) is 11.9 Å². The van der Waals surface area contributed by atoms with Gasteiger partial charge in [-0.1, -0.05) is 104 Å². The van der Waals surface area contributed by atoms with Gasteiger partial charge < -0.3 is 23.8 Å². The average Bonchev–Trinajstić information content (AvgIpc) is 3.39. The van der Waals surface area contributed by atoms with Crippen molar-refractivity contribution in [2.45, 2.75) is 70.9 Å². The summed E-state index contributed by atoms with van der Waals surface area (Å²) in [6.45, 7) is 2.28. The molecule has 0 spiro atoms. The molecule has 51 heavy (non-hydrogen) atoms. The molecule has 266 valence electrons. The smallest absolute Gasteiger partial charge is 0.338 e. The van der Waals surface area contributed by atoms with Crippen molar-refractivity contribution < 1.29 is 33.3 Å². The third-order valence-electron chi connectivity index (χ3n) is 9.82. The van der Waals surface area contributed by atoms with Gasteiger partial charge >= 0.3 is 11.9 Å².